The summed E-state index contributed by atoms with van der Waals surface area (Å²) in [6.07, 6.45) is 5.33. The van der Waals surface area contributed by atoms with Crippen molar-refractivity contribution in [1.82, 2.24) is 5.16 Å². The molecule has 0 spiro atoms. The summed E-state index contributed by atoms with van der Waals surface area (Å²) in [7, 11) is 0. The van der Waals surface area contributed by atoms with Gasteiger partial charge in [-0.05, 0) is 12.2 Å². The molecule has 1 aromatic rings. The molecule has 72 valence electrons. The molecule has 1 aliphatic rings. The van der Waals surface area contributed by atoms with Gasteiger partial charge in [-0.15, -0.1) is 0 Å². The number of aromatic nitrogens is 1. The van der Waals surface area contributed by atoms with Crippen molar-refractivity contribution in [2.24, 2.45) is 0 Å². The number of allylic oxidation sites excluding steroid dienone is 2. The first-order chi connectivity index (χ1) is 6.77. The van der Waals surface area contributed by atoms with E-state index in [0.717, 1.165) is 0 Å². The highest BCUT2D eigenvalue weighted by Crippen LogP contribution is 2.19. The third kappa shape index (κ3) is 1.52. The van der Waals surface area contributed by atoms with Crippen LogP contribution in [0.2, 0.25) is 0 Å². The lowest BCUT2D eigenvalue weighted by molar-refractivity contribution is 0.0685. The van der Waals surface area contributed by atoms with Crippen LogP contribution < -0.4 is 0 Å². The quantitative estimate of drug-likeness (QED) is 0.766. The van der Waals surface area contributed by atoms with Gasteiger partial charge >= 0.3 is 5.97 Å². The van der Waals surface area contributed by atoms with E-state index in [9.17, 15) is 4.79 Å². The number of carboxylic acid groups (broad SMARTS) is 1. The van der Waals surface area contributed by atoms with Crippen molar-refractivity contribution in [1.29, 1.82) is 0 Å². The van der Waals surface area contributed by atoms with Crippen LogP contribution in [0.3, 0.4) is 0 Å². The van der Waals surface area contributed by atoms with Gasteiger partial charge in [-0.1, -0.05) is 11.2 Å². The Morgan fingerprint density at radius 3 is 3.00 bits per heavy atom. The molecule has 5 nitrogen and oxygen atoms in total. The molecule has 0 atom stereocenters. The van der Waals surface area contributed by atoms with Crippen LogP contribution in [0.1, 0.15) is 16.2 Å². The summed E-state index contributed by atoms with van der Waals surface area (Å²) < 4.78 is 10.0. The van der Waals surface area contributed by atoms with E-state index in [0.29, 0.717) is 18.1 Å². The Balaban J connectivity index is 2.28. The van der Waals surface area contributed by atoms with E-state index in [2.05, 4.69) is 5.16 Å². The second-order valence-electron chi connectivity index (χ2n) is 2.65. The smallest absolute Gasteiger partial charge is 0.358 e. The molecule has 0 fully saturated rings. The molecule has 1 N–H and O–H groups in total. The largest absolute Gasteiger partial charge is 0.486 e. The van der Waals surface area contributed by atoms with Gasteiger partial charge in [0.25, 0.3) is 0 Å². The molecular weight excluding hydrogens is 186 g/mol. The zero-order valence-corrected chi connectivity index (χ0v) is 7.14. The second kappa shape index (κ2) is 3.37. The first-order valence-corrected chi connectivity index (χ1v) is 3.97. The van der Waals surface area contributed by atoms with Gasteiger partial charge in [0.2, 0.25) is 5.76 Å². The number of aromatic carboxylic acids is 1. The number of hydrogen-bond acceptors (Lipinski definition) is 4. The molecule has 2 rings (SSSR count). The topological polar surface area (TPSA) is 72.6 Å². The molecule has 0 amide bonds. The predicted molar refractivity (Wildman–Crippen MR) is 46.5 cm³/mol. The van der Waals surface area contributed by atoms with Crippen LogP contribution >= 0.6 is 0 Å². The Morgan fingerprint density at radius 1 is 1.57 bits per heavy atom. The summed E-state index contributed by atoms with van der Waals surface area (Å²) in [4.78, 5) is 10.5. The average molecular weight is 193 g/mol. The van der Waals surface area contributed by atoms with E-state index in [1.54, 1.807) is 6.08 Å². The normalized spacial score (nSPS) is 14.7. The molecule has 2 heterocycles. The Morgan fingerprint density at radius 2 is 2.43 bits per heavy atom. The lowest BCUT2D eigenvalue weighted by Gasteiger charge is -2.06. The maximum atomic E-state index is 10.5. The molecule has 1 aromatic heterocycles. The van der Waals surface area contributed by atoms with Crippen molar-refractivity contribution >= 4 is 11.7 Å². The van der Waals surface area contributed by atoms with Gasteiger partial charge in [0, 0.05) is 6.07 Å². The maximum absolute atomic E-state index is 10.5. The number of carboxylic acids is 1. The molecule has 0 radical (unpaired) electrons. The summed E-state index contributed by atoms with van der Waals surface area (Å²) in [6, 6.07) is 1.33. The van der Waals surface area contributed by atoms with Crippen molar-refractivity contribution < 1.29 is 19.2 Å². The van der Waals surface area contributed by atoms with Gasteiger partial charge in [-0.2, -0.15) is 0 Å². The van der Waals surface area contributed by atoms with Crippen molar-refractivity contribution in [2.45, 2.75) is 0 Å². The van der Waals surface area contributed by atoms with E-state index in [4.69, 9.17) is 14.4 Å². The van der Waals surface area contributed by atoms with Crippen molar-refractivity contribution in [2.75, 3.05) is 6.61 Å². The molecule has 1 aliphatic heterocycles. The van der Waals surface area contributed by atoms with E-state index in [1.807, 2.05) is 12.2 Å². The third-order valence-corrected chi connectivity index (χ3v) is 1.69. The summed E-state index contributed by atoms with van der Waals surface area (Å²) in [5.74, 6) is -0.300. The van der Waals surface area contributed by atoms with Gasteiger partial charge in [0.1, 0.15) is 6.61 Å². The van der Waals surface area contributed by atoms with Gasteiger partial charge in [-0.25, -0.2) is 4.79 Å². The summed E-state index contributed by atoms with van der Waals surface area (Å²) >= 11 is 0. The van der Waals surface area contributed by atoms with E-state index in [-0.39, 0.29) is 5.69 Å². The predicted octanol–water partition coefficient (Wildman–Crippen LogP) is 1.30. The SMILES string of the molecule is O=C(O)c1cc(C2=CC=CCO2)on1. The number of ether oxygens (including phenoxy) is 1. The molecule has 0 bridgehead atoms. The van der Waals surface area contributed by atoms with Crippen molar-refractivity contribution in [3.05, 3.63) is 35.7 Å². The first-order valence-electron chi connectivity index (χ1n) is 3.97. The molecule has 0 saturated carbocycles. The second-order valence-corrected chi connectivity index (χ2v) is 2.65. The van der Waals surface area contributed by atoms with Crippen molar-refractivity contribution in [3.8, 4) is 0 Å². The fourth-order valence-corrected chi connectivity index (χ4v) is 1.04. The van der Waals surface area contributed by atoms with Crippen molar-refractivity contribution in [3.63, 3.8) is 0 Å². The molecule has 0 unspecified atom stereocenters. The molecule has 0 aromatic carbocycles. The fraction of sp³-hybridized carbons (Fsp3) is 0.111. The monoisotopic (exact) mass is 193 g/mol. The van der Waals surface area contributed by atoms with E-state index in [1.165, 1.54) is 6.07 Å². The lowest BCUT2D eigenvalue weighted by Crippen LogP contribution is -1.96. The standard InChI is InChI=1S/C9H7NO4/c11-9(12)6-5-8(14-10-6)7-3-1-2-4-13-7/h1-3,5H,4H2,(H,11,12). The Bertz CT molecular complexity index is 416. The zero-order valence-electron chi connectivity index (χ0n) is 7.14. The third-order valence-electron chi connectivity index (χ3n) is 1.69. The Hall–Kier alpha value is -2.04. The van der Waals surface area contributed by atoms with Gasteiger partial charge in [-0.3, -0.25) is 0 Å². The average Bonchev–Trinajstić information content (AvgIpc) is 2.68. The fourth-order valence-electron chi connectivity index (χ4n) is 1.04. The van der Waals surface area contributed by atoms with Crippen LogP contribution in [0.4, 0.5) is 0 Å². The molecule has 14 heavy (non-hydrogen) atoms. The first kappa shape index (κ1) is 8.55. The van der Waals surface area contributed by atoms with Crippen LogP contribution in [-0.2, 0) is 4.74 Å². The van der Waals surface area contributed by atoms with Gasteiger partial charge in [0.15, 0.2) is 11.5 Å². The van der Waals surface area contributed by atoms with Crippen LogP contribution in [0.15, 0.2) is 28.8 Å². The molecule has 5 heteroatoms. The zero-order chi connectivity index (χ0) is 9.97. The molecule has 0 aliphatic carbocycles. The van der Waals surface area contributed by atoms with E-state index < -0.39 is 5.97 Å². The minimum Gasteiger partial charge on any atom is -0.486 e. The number of hydrogen-bond donors (Lipinski definition) is 1. The Labute approximate surface area is 79.3 Å². The lowest BCUT2D eigenvalue weighted by atomic mass is 10.3. The van der Waals surface area contributed by atoms with E-state index >= 15 is 0 Å². The highest BCUT2D eigenvalue weighted by Gasteiger charge is 2.15. The maximum Gasteiger partial charge on any atom is 0.358 e. The van der Waals surface area contributed by atoms with Crippen LogP contribution in [-0.4, -0.2) is 22.8 Å². The molecule has 0 saturated heterocycles. The number of carbonyl (C=O) groups is 1. The molecular formula is C9H7NO4. The van der Waals surface area contributed by atoms with Crippen LogP contribution in [0.5, 0.6) is 0 Å². The van der Waals surface area contributed by atoms with Gasteiger partial charge < -0.3 is 14.4 Å². The minimum absolute atomic E-state index is 0.126. The van der Waals surface area contributed by atoms with Gasteiger partial charge in [0.05, 0.1) is 0 Å². The summed E-state index contributed by atoms with van der Waals surface area (Å²) in [5, 5.41) is 12.0. The highest BCUT2D eigenvalue weighted by atomic mass is 16.5. The highest BCUT2D eigenvalue weighted by molar-refractivity contribution is 5.85. The summed E-state index contributed by atoms with van der Waals surface area (Å²) in [6.45, 7) is 0.453. The minimum atomic E-state index is -1.12. The summed E-state index contributed by atoms with van der Waals surface area (Å²) in [5.41, 5.74) is -0.126. The number of rotatable bonds is 2. The number of nitrogens with zero attached hydrogens (tertiary/aromatic N) is 1. The van der Waals surface area contributed by atoms with Crippen LogP contribution in [0, 0.1) is 0 Å². The Kier molecular flexibility index (Phi) is 2.06. The van der Waals surface area contributed by atoms with Crippen LogP contribution in [0.25, 0.3) is 5.76 Å².